The standard InChI is InChI=1S/C12H17N5O2S/c1-3-20(18,19)8-7-17-12(14-15-16-17)11-9(2)5-4-6-10(11)13/h4-6H,3,7-8,13H2,1-2H3. The van der Waals surface area contributed by atoms with Gasteiger partial charge in [-0.05, 0) is 29.0 Å². The lowest BCUT2D eigenvalue weighted by molar-refractivity contribution is 0.577. The largest absolute Gasteiger partial charge is 0.398 e. The number of tetrazole rings is 1. The highest BCUT2D eigenvalue weighted by molar-refractivity contribution is 7.91. The molecule has 0 fully saturated rings. The maximum atomic E-state index is 11.6. The van der Waals surface area contributed by atoms with E-state index in [2.05, 4.69) is 15.5 Å². The average molecular weight is 295 g/mol. The number of anilines is 1. The molecule has 0 aliphatic carbocycles. The van der Waals surface area contributed by atoms with Crippen LogP contribution in [0, 0.1) is 6.92 Å². The van der Waals surface area contributed by atoms with Gasteiger partial charge in [-0.15, -0.1) is 5.10 Å². The van der Waals surface area contributed by atoms with Gasteiger partial charge >= 0.3 is 0 Å². The summed E-state index contributed by atoms with van der Waals surface area (Å²) in [6, 6.07) is 5.53. The van der Waals surface area contributed by atoms with Crippen LogP contribution < -0.4 is 5.73 Å². The topological polar surface area (TPSA) is 104 Å². The summed E-state index contributed by atoms with van der Waals surface area (Å²) < 4.78 is 24.6. The number of hydrogen-bond acceptors (Lipinski definition) is 6. The van der Waals surface area contributed by atoms with Gasteiger partial charge in [0.1, 0.15) is 0 Å². The number of nitrogen functional groups attached to an aromatic ring is 1. The van der Waals surface area contributed by atoms with Gasteiger partial charge < -0.3 is 5.73 Å². The van der Waals surface area contributed by atoms with Crippen molar-refractivity contribution < 1.29 is 8.42 Å². The predicted octanol–water partition coefficient (Wildman–Crippen LogP) is 0.665. The Morgan fingerprint density at radius 3 is 2.75 bits per heavy atom. The lowest BCUT2D eigenvalue weighted by Gasteiger charge is -2.09. The highest BCUT2D eigenvalue weighted by Gasteiger charge is 2.16. The molecule has 0 aliphatic heterocycles. The fourth-order valence-corrected chi connectivity index (χ4v) is 2.64. The summed E-state index contributed by atoms with van der Waals surface area (Å²) in [7, 11) is -3.06. The van der Waals surface area contributed by atoms with Crippen LogP contribution >= 0.6 is 0 Å². The molecule has 20 heavy (non-hydrogen) atoms. The molecule has 2 rings (SSSR count). The molecule has 108 valence electrons. The summed E-state index contributed by atoms with van der Waals surface area (Å²) in [4.78, 5) is 0. The van der Waals surface area contributed by atoms with E-state index >= 15 is 0 Å². The van der Waals surface area contributed by atoms with E-state index < -0.39 is 9.84 Å². The van der Waals surface area contributed by atoms with E-state index in [1.165, 1.54) is 4.68 Å². The van der Waals surface area contributed by atoms with Gasteiger partial charge in [0.05, 0.1) is 12.3 Å². The molecule has 0 radical (unpaired) electrons. The van der Waals surface area contributed by atoms with E-state index in [1.54, 1.807) is 13.0 Å². The van der Waals surface area contributed by atoms with Crippen molar-refractivity contribution >= 4 is 15.5 Å². The van der Waals surface area contributed by atoms with Crippen LogP contribution in [-0.4, -0.2) is 40.1 Å². The Hall–Kier alpha value is -1.96. The van der Waals surface area contributed by atoms with Crippen molar-refractivity contribution in [3.8, 4) is 11.4 Å². The second-order valence-corrected chi connectivity index (χ2v) is 6.97. The zero-order chi connectivity index (χ0) is 14.8. The molecule has 1 aromatic heterocycles. The SMILES string of the molecule is CCS(=O)(=O)CCn1nnnc1-c1c(C)cccc1N. The molecular weight excluding hydrogens is 278 g/mol. The van der Waals surface area contributed by atoms with E-state index in [9.17, 15) is 8.42 Å². The van der Waals surface area contributed by atoms with Crippen molar-refractivity contribution in [2.24, 2.45) is 0 Å². The van der Waals surface area contributed by atoms with Crippen molar-refractivity contribution in [2.75, 3.05) is 17.2 Å². The second-order valence-electron chi connectivity index (χ2n) is 4.50. The van der Waals surface area contributed by atoms with E-state index in [0.717, 1.165) is 11.1 Å². The van der Waals surface area contributed by atoms with Crippen LogP contribution in [0.3, 0.4) is 0 Å². The lowest BCUT2D eigenvalue weighted by Crippen LogP contribution is -2.16. The average Bonchev–Trinajstić information content (AvgIpc) is 2.85. The number of aryl methyl sites for hydroxylation is 2. The van der Waals surface area contributed by atoms with Crippen LogP contribution in [0.5, 0.6) is 0 Å². The number of hydrogen-bond donors (Lipinski definition) is 1. The molecule has 0 saturated heterocycles. The van der Waals surface area contributed by atoms with Gasteiger partial charge in [0.25, 0.3) is 0 Å². The molecule has 0 bridgehead atoms. The molecule has 2 aromatic rings. The Morgan fingerprint density at radius 2 is 2.10 bits per heavy atom. The molecule has 0 amide bonds. The van der Waals surface area contributed by atoms with Crippen LogP contribution in [0.1, 0.15) is 12.5 Å². The van der Waals surface area contributed by atoms with Crippen molar-refractivity contribution in [1.82, 2.24) is 20.2 Å². The zero-order valence-corrected chi connectivity index (χ0v) is 12.3. The third-order valence-electron chi connectivity index (χ3n) is 3.11. The first-order valence-electron chi connectivity index (χ1n) is 6.26. The van der Waals surface area contributed by atoms with Gasteiger partial charge in [0.2, 0.25) is 0 Å². The summed E-state index contributed by atoms with van der Waals surface area (Å²) in [6.45, 7) is 3.74. The predicted molar refractivity (Wildman–Crippen MR) is 76.7 cm³/mol. The van der Waals surface area contributed by atoms with Crippen molar-refractivity contribution in [3.63, 3.8) is 0 Å². The quantitative estimate of drug-likeness (QED) is 0.813. The van der Waals surface area contributed by atoms with Gasteiger partial charge in [-0.2, -0.15) is 0 Å². The van der Waals surface area contributed by atoms with Crippen molar-refractivity contribution in [1.29, 1.82) is 0 Å². The summed E-state index contributed by atoms with van der Waals surface area (Å²) >= 11 is 0. The zero-order valence-electron chi connectivity index (χ0n) is 11.4. The maximum Gasteiger partial charge on any atom is 0.184 e. The smallest absolute Gasteiger partial charge is 0.184 e. The summed E-state index contributed by atoms with van der Waals surface area (Å²) in [5.74, 6) is 0.608. The second kappa shape index (κ2) is 5.58. The molecule has 0 saturated carbocycles. The first-order chi connectivity index (χ1) is 9.44. The molecule has 1 heterocycles. The van der Waals surface area contributed by atoms with Crippen LogP contribution in [0.2, 0.25) is 0 Å². The fraction of sp³-hybridized carbons (Fsp3) is 0.417. The molecule has 2 N–H and O–H groups in total. The molecule has 7 nitrogen and oxygen atoms in total. The summed E-state index contributed by atoms with van der Waals surface area (Å²) in [5, 5.41) is 11.4. The number of benzene rings is 1. The highest BCUT2D eigenvalue weighted by atomic mass is 32.2. The molecule has 0 atom stereocenters. The number of aromatic nitrogens is 4. The van der Waals surface area contributed by atoms with E-state index in [-0.39, 0.29) is 18.1 Å². The maximum absolute atomic E-state index is 11.6. The Balaban J connectivity index is 2.34. The van der Waals surface area contributed by atoms with Gasteiger partial charge in [0, 0.05) is 17.0 Å². The van der Waals surface area contributed by atoms with Crippen molar-refractivity contribution in [3.05, 3.63) is 23.8 Å². The van der Waals surface area contributed by atoms with Crippen molar-refractivity contribution in [2.45, 2.75) is 20.4 Å². The minimum Gasteiger partial charge on any atom is -0.398 e. The third kappa shape index (κ3) is 2.96. The summed E-state index contributed by atoms with van der Waals surface area (Å²) in [5.41, 5.74) is 8.22. The minimum atomic E-state index is -3.06. The molecular formula is C12H17N5O2S. The molecule has 1 aromatic carbocycles. The summed E-state index contributed by atoms with van der Waals surface area (Å²) in [6.07, 6.45) is 0. The molecule has 8 heteroatoms. The third-order valence-corrected chi connectivity index (χ3v) is 4.80. The minimum absolute atomic E-state index is 0.00727. The van der Waals surface area contributed by atoms with Crippen LogP contribution in [-0.2, 0) is 16.4 Å². The van der Waals surface area contributed by atoms with Gasteiger partial charge in [-0.1, -0.05) is 19.1 Å². The Morgan fingerprint density at radius 1 is 1.35 bits per heavy atom. The normalized spacial score (nSPS) is 11.7. The van der Waals surface area contributed by atoms with Gasteiger partial charge in [0.15, 0.2) is 15.7 Å². The monoisotopic (exact) mass is 295 g/mol. The van der Waals surface area contributed by atoms with E-state index in [1.807, 2.05) is 19.1 Å². The molecule has 0 unspecified atom stereocenters. The van der Waals surface area contributed by atoms with E-state index in [4.69, 9.17) is 5.73 Å². The Bertz CT molecular complexity index is 688. The van der Waals surface area contributed by atoms with Gasteiger partial charge in [-0.3, -0.25) is 0 Å². The van der Waals surface area contributed by atoms with Crippen LogP contribution in [0.4, 0.5) is 5.69 Å². The first kappa shape index (κ1) is 14.4. The highest BCUT2D eigenvalue weighted by Crippen LogP contribution is 2.26. The first-order valence-corrected chi connectivity index (χ1v) is 8.09. The van der Waals surface area contributed by atoms with E-state index in [0.29, 0.717) is 11.5 Å². The number of sulfone groups is 1. The fourth-order valence-electron chi connectivity index (χ4n) is 1.90. The molecule has 0 aliphatic rings. The Labute approximate surface area is 117 Å². The number of nitrogens with zero attached hydrogens (tertiary/aromatic N) is 4. The Kier molecular flexibility index (Phi) is 4.03. The van der Waals surface area contributed by atoms with Crippen LogP contribution in [0.25, 0.3) is 11.4 Å². The van der Waals surface area contributed by atoms with Crippen LogP contribution in [0.15, 0.2) is 18.2 Å². The molecule has 0 spiro atoms. The number of rotatable bonds is 5. The lowest BCUT2D eigenvalue weighted by atomic mass is 10.1. The van der Waals surface area contributed by atoms with Gasteiger partial charge in [-0.25, -0.2) is 13.1 Å². The number of nitrogens with two attached hydrogens (primary N) is 1.